The van der Waals surface area contributed by atoms with Crippen molar-refractivity contribution < 1.29 is 38.0 Å². The van der Waals surface area contributed by atoms with Crippen LogP contribution in [0.3, 0.4) is 0 Å². The van der Waals surface area contributed by atoms with Gasteiger partial charge in [0.1, 0.15) is 12.7 Å². The Bertz CT molecular complexity index is 807. The maximum absolute atomic E-state index is 13.5. The molecule has 0 amide bonds. The molecule has 8 heteroatoms. The molecule has 0 spiro atoms. The Morgan fingerprint density at radius 2 is 1.72 bits per heavy atom. The number of rotatable bonds is 3. The Labute approximate surface area is 216 Å². The molecule has 0 saturated carbocycles. The normalized spacial score (nSPS) is 32.4. The van der Waals surface area contributed by atoms with E-state index >= 15 is 0 Å². The minimum Gasteiger partial charge on any atom is -0.460 e. The highest BCUT2D eigenvalue weighted by molar-refractivity contribution is 5.83. The number of fused-ring (bicyclic) bond motifs is 3. The quantitative estimate of drug-likeness (QED) is 0.407. The van der Waals surface area contributed by atoms with E-state index in [1.165, 1.54) is 5.57 Å². The Hall–Kier alpha value is -1.48. The highest BCUT2D eigenvalue weighted by Crippen LogP contribution is 2.47. The van der Waals surface area contributed by atoms with E-state index in [2.05, 4.69) is 26.8 Å². The largest absolute Gasteiger partial charge is 0.460 e. The van der Waals surface area contributed by atoms with E-state index in [0.29, 0.717) is 32.2 Å². The lowest BCUT2D eigenvalue weighted by molar-refractivity contribution is -0.244. The Morgan fingerprint density at radius 3 is 2.39 bits per heavy atom. The van der Waals surface area contributed by atoms with Crippen LogP contribution in [0.1, 0.15) is 74.7 Å². The molecule has 8 nitrogen and oxygen atoms in total. The molecule has 36 heavy (non-hydrogen) atoms. The monoisotopic (exact) mass is 510 g/mol. The molecular weight excluding hydrogens is 464 g/mol. The fourth-order valence-electron chi connectivity index (χ4n) is 5.04. The SMILES string of the molecule is CC1C=C2COC3COC(=O)C(OC(=O)C(C)(CC(C)(C)C)C(C)(C)C)COC3OCCC(CO1)C2. The Balaban J connectivity index is 1.71. The molecule has 2 fully saturated rings. The van der Waals surface area contributed by atoms with Gasteiger partial charge >= 0.3 is 11.9 Å². The molecule has 0 radical (unpaired) electrons. The summed E-state index contributed by atoms with van der Waals surface area (Å²) < 4.78 is 35.3. The van der Waals surface area contributed by atoms with Gasteiger partial charge in [-0.2, -0.15) is 0 Å². The summed E-state index contributed by atoms with van der Waals surface area (Å²) in [5.41, 5.74) is -0.126. The molecule has 0 aromatic rings. The third-order valence-corrected chi connectivity index (χ3v) is 7.51. The van der Waals surface area contributed by atoms with Crippen LogP contribution in [0.25, 0.3) is 0 Å². The first-order valence-corrected chi connectivity index (χ1v) is 13.2. The molecule has 3 aliphatic rings. The molecule has 0 aliphatic carbocycles. The minimum absolute atomic E-state index is 0.0324. The van der Waals surface area contributed by atoms with Crippen LogP contribution in [-0.2, 0) is 38.0 Å². The topological polar surface area (TPSA) is 89.5 Å². The van der Waals surface area contributed by atoms with Crippen LogP contribution in [0.15, 0.2) is 11.6 Å². The fraction of sp³-hybridized carbons (Fsp3) is 0.857. The van der Waals surface area contributed by atoms with Crippen molar-refractivity contribution in [3.8, 4) is 0 Å². The Kier molecular flexibility index (Phi) is 9.29. The van der Waals surface area contributed by atoms with Crippen molar-refractivity contribution in [1.29, 1.82) is 0 Å². The maximum Gasteiger partial charge on any atom is 0.350 e. The van der Waals surface area contributed by atoms with Gasteiger partial charge in [-0.1, -0.05) is 47.6 Å². The zero-order valence-corrected chi connectivity index (χ0v) is 23.4. The molecule has 3 rings (SSSR count). The van der Waals surface area contributed by atoms with Crippen molar-refractivity contribution in [1.82, 2.24) is 0 Å². The smallest absolute Gasteiger partial charge is 0.350 e. The second-order valence-electron chi connectivity index (χ2n) is 13.0. The zero-order valence-electron chi connectivity index (χ0n) is 23.4. The van der Waals surface area contributed by atoms with Crippen LogP contribution >= 0.6 is 0 Å². The molecule has 206 valence electrons. The summed E-state index contributed by atoms with van der Waals surface area (Å²) >= 11 is 0. The first-order valence-electron chi connectivity index (χ1n) is 13.2. The predicted octanol–water partition coefficient (Wildman–Crippen LogP) is 4.44. The van der Waals surface area contributed by atoms with Gasteiger partial charge in [-0.25, -0.2) is 4.79 Å². The van der Waals surface area contributed by atoms with Crippen molar-refractivity contribution in [2.75, 3.05) is 33.0 Å². The van der Waals surface area contributed by atoms with Crippen LogP contribution in [0.2, 0.25) is 0 Å². The molecule has 2 bridgehead atoms. The molecule has 3 aliphatic heterocycles. The first-order chi connectivity index (χ1) is 16.7. The lowest BCUT2D eigenvalue weighted by atomic mass is 9.61. The summed E-state index contributed by atoms with van der Waals surface area (Å²) in [6.45, 7) is 17.6. The zero-order chi connectivity index (χ0) is 26.7. The van der Waals surface area contributed by atoms with E-state index < -0.39 is 35.9 Å². The van der Waals surface area contributed by atoms with Gasteiger partial charge in [0.05, 0.1) is 37.9 Å². The first kappa shape index (κ1) is 29.1. The number of hydrogen-bond acceptors (Lipinski definition) is 8. The van der Waals surface area contributed by atoms with Crippen molar-refractivity contribution in [3.05, 3.63) is 11.6 Å². The van der Waals surface area contributed by atoms with Crippen LogP contribution in [0.5, 0.6) is 0 Å². The van der Waals surface area contributed by atoms with Gasteiger partial charge in [0.2, 0.25) is 6.10 Å². The van der Waals surface area contributed by atoms with Crippen molar-refractivity contribution >= 4 is 11.9 Å². The van der Waals surface area contributed by atoms with Gasteiger partial charge in [0, 0.05) is 0 Å². The fourth-order valence-corrected chi connectivity index (χ4v) is 5.04. The molecular formula is C28H46O8. The van der Waals surface area contributed by atoms with Gasteiger partial charge in [-0.05, 0) is 55.4 Å². The average molecular weight is 511 g/mol. The summed E-state index contributed by atoms with van der Waals surface area (Å²) in [7, 11) is 0. The number of carbonyl (C=O) groups is 2. The second-order valence-corrected chi connectivity index (χ2v) is 13.0. The number of cyclic esters (lactones) is 1. The average Bonchev–Trinajstić information content (AvgIpc) is 2.92. The van der Waals surface area contributed by atoms with E-state index in [1.54, 1.807) is 0 Å². The van der Waals surface area contributed by atoms with E-state index in [0.717, 1.165) is 12.8 Å². The number of carbonyl (C=O) groups excluding carboxylic acids is 2. The minimum atomic E-state index is -1.17. The molecule has 3 heterocycles. The van der Waals surface area contributed by atoms with Crippen LogP contribution in [0.4, 0.5) is 0 Å². The number of ether oxygens (including phenoxy) is 6. The number of esters is 2. The van der Waals surface area contributed by atoms with Crippen molar-refractivity contribution in [2.24, 2.45) is 22.2 Å². The van der Waals surface area contributed by atoms with Gasteiger partial charge < -0.3 is 28.4 Å². The second kappa shape index (κ2) is 11.5. The standard InChI is InChI=1S/C28H46O8/c1-18-11-20-12-19(13-32-18)9-10-31-24-22(33-14-20)16-34-23(29)21(15-35-24)36-25(30)28(8,27(5,6)7)17-26(2,3)4/h11,18-19,21-22,24H,9-10,12-17H2,1-8H3. The summed E-state index contributed by atoms with van der Waals surface area (Å²) in [6, 6.07) is 0. The highest BCUT2D eigenvalue weighted by atomic mass is 16.7. The van der Waals surface area contributed by atoms with E-state index in [4.69, 9.17) is 28.4 Å². The predicted molar refractivity (Wildman–Crippen MR) is 134 cm³/mol. The van der Waals surface area contributed by atoms with E-state index in [-0.39, 0.29) is 30.1 Å². The molecule has 6 atom stereocenters. The third-order valence-electron chi connectivity index (χ3n) is 7.51. The summed E-state index contributed by atoms with van der Waals surface area (Å²) in [5.74, 6) is -0.717. The maximum atomic E-state index is 13.5. The molecule has 6 unspecified atom stereocenters. The van der Waals surface area contributed by atoms with Crippen LogP contribution < -0.4 is 0 Å². The highest BCUT2D eigenvalue weighted by Gasteiger charge is 2.49. The molecule has 0 aromatic heterocycles. The summed E-state index contributed by atoms with van der Waals surface area (Å²) in [6.07, 6.45) is 1.98. The molecule has 0 N–H and O–H groups in total. The van der Waals surface area contributed by atoms with E-state index in [1.807, 2.05) is 34.6 Å². The van der Waals surface area contributed by atoms with E-state index in [9.17, 15) is 9.59 Å². The van der Waals surface area contributed by atoms with Crippen LogP contribution in [0, 0.1) is 22.2 Å². The number of hydrogen-bond donors (Lipinski definition) is 0. The lowest BCUT2D eigenvalue weighted by Gasteiger charge is -2.44. The van der Waals surface area contributed by atoms with Gasteiger partial charge in [0.25, 0.3) is 0 Å². The van der Waals surface area contributed by atoms with Gasteiger partial charge in [0.15, 0.2) is 6.29 Å². The van der Waals surface area contributed by atoms with Gasteiger partial charge in [-0.15, -0.1) is 0 Å². The molecule has 2 saturated heterocycles. The summed E-state index contributed by atoms with van der Waals surface area (Å²) in [4.78, 5) is 26.4. The molecule has 0 aromatic carbocycles. The summed E-state index contributed by atoms with van der Waals surface area (Å²) in [5, 5.41) is 0. The van der Waals surface area contributed by atoms with Crippen LogP contribution in [-0.4, -0.2) is 69.6 Å². The Morgan fingerprint density at radius 1 is 1.00 bits per heavy atom. The lowest BCUT2D eigenvalue weighted by Crippen LogP contribution is -2.50. The van der Waals surface area contributed by atoms with Crippen molar-refractivity contribution in [2.45, 2.75) is 99.3 Å². The van der Waals surface area contributed by atoms with Gasteiger partial charge in [-0.3, -0.25) is 4.79 Å². The van der Waals surface area contributed by atoms with Crippen molar-refractivity contribution in [3.63, 3.8) is 0 Å². The third kappa shape index (κ3) is 7.53.